The third kappa shape index (κ3) is 3.41. The molecule has 0 aromatic carbocycles. The monoisotopic (exact) mass is 338 g/mol. The van der Waals surface area contributed by atoms with Gasteiger partial charge in [-0.15, -0.1) is 0 Å². The van der Waals surface area contributed by atoms with E-state index in [0.29, 0.717) is 23.2 Å². The molecule has 0 saturated carbocycles. The summed E-state index contributed by atoms with van der Waals surface area (Å²) in [5, 5.41) is 14.6. The molecular weight excluding hydrogens is 320 g/mol. The Bertz CT molecular complexity index is 833. The fraction of sp³-hybridized carbons (Fsp3) is 0.312. The fourth-order valence-electron chi connectivity index (χ4n) is 2.84. The van der Waals surface area contributed by atoms with Gasteiger partial charge in [0.15, 0.2) is 11.5 Å². The molecule has 0 bridgehead atoms. The first kappa shape index (κ1) is 15.5. The number of aromatic nitrogens is 6. The Labute approximate surface area is 144 Å². The lowest BCUT2D eigenvalue weighted by Crippen LogP contribution is -2.32. The number of hydrogen-bond donors (Lipinski definition) is 2. The first-order valence-corrected chi connectivity index (χ1v) is 8.18. The van der Waals surface area contributed by atoms with Gasteiger partial charge in [-0.2, -0.15) is 10.2 Å². The molecule has 1 saturated heterocycles. The number of anilines is 1. The van der Waals surface area contributed by atoms with Crippen LogP contribution in [0.25, 0.3) is 5.82 Å². The van der Waals surface area contributed by atoms with E-state index >= 15 is 0 Å². The van der Waals surface area contributed by atoms with Crippen molar-refractivity contribution in [3.63, 3.8) is 0 Å². The minimum absolute atomic E-state index is 0.252. The second kappa shape index (κ2) is 6.81. The lowest BCUT2D eigenvalue weighted by atomic mass is 10.1. The van der Waals surface area contributed by atoms with Gasteiger partial charge in [-0.25, -0.2) is 14.6 Å². The van der Waals surface area contributed by atoms with E-state index in [1.54, 1.807) is 35.4 Å². The summed E-state index contributed by atoms with van der Waals surface area (Å²) >= 11 is 0. The van der Waals surface area contributed by atoms with Gasteiger partial charge < -0.3 is 10.6 Å². The summed E-state index contributed by atoms with van der Waals surface area (Å²) in [5.41, 5.74) is 0.994. The van der Waals surface area contributed by atoms with Gasteiger partial charge in [0.1, 0.15) is 12.7 Å². The van der Waals surface area contributed by atoms with Crippen LogP contribution in [-0.2, 0) is 0 Å². The molecule has 4 heterocycles. The zero-order valence-corrected chi connectivity index (χ0v) is 13.5. The maximum Gasteiger partial charge on any atom is 0.276 e. The van der Waals surface area contributed by atoms with Crippen LogP contribution >= 0.6 is 0 Å². The Morgan fingerprint density at radius 3 is 3.00 bits per heavy atom. The summed E-state index contributed by atoms with van der Waals surface area (Å²) in [6.07, 6.45) is 8.64. The van der Waals surface area contributed by atoms with Gasteiger partial charge in [-0.05, 0) is 37.6 Å². The molecule has 1 fully saturated rings. The van der Waals surface area contributed by atoms with E-state index in [-0.39, 0.29) is 5.91 Å². The van der Waals surface area contributed by atoms with Crippen molar-refractivity contribution in [3.8, 4) is 5.82 Å². The molecule has 3 aromatic heterocycles. The van der Waals surface area contributed by atoms with Crippen molar-refractivity contribution in [2.24, 2.45) is 0 Å². The molecule has 1 aliphatic rings. The molecule has 3 aromatic rings. The van der Waals surface area contributed by atoms with Crippen LogP contribution in [-0.4, -0.2) is 48.5 Å². The average molecular weight is 338 g/mol. The Morgan fingerprint density at radius 2 is 2.28 bits per heavy atom. The zero-order chi connectivity index (χ0) is 17.1. The van der Waals surface area contributed by atoms with E-state index in [0.717, 1.165) is 25.9 Å². The molecule has 4 rings (SSSR count). The minimum Gasteiger partial charge on any atom is -0.319 e. The highest BCUT2D eigenvalue weighted by Crippen LogP contribution is 2.16. The van der Waals surface area contributed by atoms with Crippen LogP contribution in [0.4, 0.5) is 5.69 Å². The van der Waals surface area contributed by atoms with Gasteiger partial charge in [-0.1, -0.05) is 0 Å². The molecule has 0 aliphatic carbocycles. The van der Waals surface area contributed by atoms with Crippen LogP contribution in [0, 0.1) is 0 Å². The van der Waals surface area contributed by atoms with E-state index in [2.05, 4.69) is 30.8 Å². The van der Waals surface area contributed by atoms with E-state index < -0.39 is 0 Å². The van der Waals surface area contributed by atoms with Crippen molar-refractivity contribution in [2.45, 2.75) is 18.9 Å². The Morgan fingerprint density at radius 1 is 1.32 bits per heavy atom. The second-order valence-corrected chi connectivity index (χ2v) is 5.88. The predicted octanol–water partition coefficient (Wildman–Crippen LogP) is 1.04. The standard InChI is InChI=1S/C16H18N8O/c25-16(14-5-7-23(22-14)13-2-1-6-17-9-13)21-12-3-4-15(19-8-12)24-11-18-10-20-24/h3-5,7-8,10-11,13,17H,1-2,6,9H2,(H,21,25). The van der Waals surface area contributed by atoms with Crippen LogP contribution in [0.2, 0.25) is 0 Å². The Kier molecular flexibility index (Phi) is 4.21. The van der Waals surface area contributed by atoms with E-state index in [4.69, 9.17) is 0 Å². The van der Waals surface area contributed by atoms with Crippen molar-refractivity contribution in [1.82, 2.24) is 34.8 Å². The maximum absolute atomic E-state index is 12.4. The first-order valence-electron chi connectivity index (χ1n) is 8.18. The quantitative estimate of drug-likeness (QED) is 0.737. The number of carbonyl (C=O) groups excluding carboxylic acids is 1. The van der Waals surface area contributed by atoms with Crippen molar-refractivity contribution in [1.29, 1.82) is 0 Å². The number of piperidine rings is 1. The van der Waals surface area contributed by atoms with Crippen molar-refractivity contribution >= 4 is 11.6 Å². The summed E-state index contributed by atoms with van der Waals surface area (Å²) < 4.78 is 3.42. The predicted molar refractivity (Wildman–Crippen MR) is 90.5 cm³/mol. The number of rotatable bonds is 4. The molecule has 1 amide bonds. The minimum atomic E-state index is -0.252. The number of carbonyl (C=O) groups is 1. The smallest absolute Gasteiger partial charge is 0.276 e. The van der Waals surface area contributed by atoms with Crippen LogP contribution in [0.1, 0.15) is 29.4 Å². The number of pyridine rings is 1. The highest BCUT2D eigenvalue weighted by atomic mass is 16.2. The molecule has 9 heteroatoms. The molecule has 1 atom stereocenters. The number of nitrogens with zero attached hydrogens (tertiary/aromatic N) is 6. The summed E-state index contributed by atoms with van der Waals surface area (Å²) in [7, 11) is 0. The van der Waals surface area contributed by atoms with Gasteiger partial charge in [0, 0.05) is 12.7 Å². The lowest BCUT2D eigenvalue weighted by molar-refractivity contribution is 0.102. The van der Waals surface area contributed by atoms with E-state index in [9.17, 15) is 4.79 Å². The molecule has 25 heavy (non-hydrogen) atoms. The second-order valence-electron chi connectivity index (χ2n) is 5.88. The zero-order valence-electron chi connectivity index (χ0n) is 13.5. The van der Waals surface area contributed by atoms with Crippen molar-refractivity contribution in [2.75, 3.05) is 18.4 Å². The third-order valence-corrected chi connectivity index (χ3v) is 4.15. The Balaban J connectivity index is 1.42. The fourth-order valence-corrected chi connectivity index (χ4v) is 2.84. The van der Waals surface area contributed by atoms with Gasteiger partial charge in [-0.3, -0.25) is 9.48 Å². The van der Waals surface area contributed by atoms with Crippen LogP contribution in [0.3, 0.4) is 0 Å². The normalized spacial score (nSPS) is 17.4. The van der Waals surface area contributed by atoms with Gasteiger partial charge in [0.05, 0.1) is 17.9 Å². The molecular formula is C16H18N8O. The molecule has 128 valence electrons. The summed E-state index contributed by atoms with van der Waals surface area (Å²) in [6, 6.07) is 5.57. The molecule has 0 spiro atoms. The highest BCUT2D eigenvalue weighted by molar-refractivity contribution is 6.02. The van der Waals surface area contributed by atoms with Gasteiger partial charge in [0.25, 0.3) is 5.91 Å². The van der Waals surface area contributed by atoms with E-state index in [1.165, 1.54) is 6.33 Å². The summed E-state index contributed by atoms with van der Waals surface area (Å²) in [6.45, 7) is 1.93. The number of hydrogen-bond acceptors (Lipinski definition) is 6. The number of nitrogens with one attached hydrogen (secondary N) is 2. The van der Waals surface area contributed by atoms with Gasteiger partial charge in [0.2, 0.25) is 0 Å². The van der Waals surface area contributed by atoms with Crippen molar-refractivity contribution < 1.29 is 4.79 Å². The van der Waals surface area contributed by atoms with Crippen LogP contribution < -0.4 is 10.6 Å². The lowest BCUT2D eigenvalue weighted by Gasteiger charge is -2.22. The molecule has 2 N–H and O–H groups in total. The Hall–Kier alpha value is -3.07. The average Bonchev–Trinajstić information content (AvgIpc) is 3.35. The molecule has 0 radical (unpaired) electrons. The van der Waals surface area contributed by atoms with Gasteiger partial charge >= 0.3 is 0 Å². The van der Waals surface area contributed by atoms with Crippen LogP contribution in [0.15, 0.2) is 43.2 Å². The molecule has 1 unspecified atom stereocenters. The molecule has 9 nitrogen and oxygen atoms in total. The molecule has 1 aliphatic heterocycles. The summed E-state index contributed by atoms with van der Waals surface area (Å²) in [4.78, 5) is 20.5. The van der Waals surface area contributed by atoms with Crippen molar-refractivity contribution in [3.05, 3.63) is 48.9 Å². The largest absolute Gasteiger partial charge is 0.319 e. The van der Waals surface area contributed by atoms with E-state index in [1.807, 2.05) is 10.9 Å². The topological polar surface area (TPSA) is 103 Å². The first-order chi connectivity index (χ1) is 12.3. The third-order valence-electron chi connectivity index (χ3n) is 4.15. The van der Waals surface area contributed by atoms with Crippen LogP contribution in [0.5, 0.6) is 0 Å². The SMILES string of the molecule is O=C(Nc1ccc(-n2cncn2)nc1)c1ccn(C2CCCNC2)n1. The number of amides is 1. The maximum atomic E-state index is 12.4. The highest BCUT2D eigenvalue weighted by Gasteiger charge is 2.17. The summed E-state index contributed by atoms with van der Waals surface area (Å²) in [5.74, 6) is 0.377.